The molecule has 0 saturated heterocycles. The SMILES string of the molecule is Cc1cccnc1OCC(F)(F)F.NC(=O)c1nccc2c1CNC2. The van der Waals surface area contributed by atoms with E-state index in [4.69, 9.17) is 5.73 Å². The largest absolute Gasteiger partial charge is 0.468 e. The van der Waals surface area contributed by atoms with Crippen LogP contribution in [0.3, 0.4) is 0 Å². The molecule has 1 amide bonds. The smallest absolute Gasteiger partial charge is 0.422 e. The summed E-state index contributed by atoms with van der Waals surface area (Å²) in [5.74, 6) is -0.421. The van der Waals surface area contributed by atoms with Crippen LogP contribution in [0.4, 0.5) is 13.2 Å². The summed E-state index contributed by atoms with van der Waals surface area (Å²) in [4.78, 5) is 18.5. The number of nitrogens with two attached hydrogens (primary N) is 1. The number of aromatic nitrogens is 2. The summed E-state index contributed by atoms with van der Waals surface area (Å²) >= 11 is 0. The van der Waals surface area contributed by atoms with Gasteiger partial charge in [0.2, 0.25) is 5.88 Å². The van der Waals surface area contributed by atoms with Crippen LogP contribution in [0.5, 0.6) is 5.88 Å². The molecule has 0 fully saturated rings. The van der Waals surface area contributed by atoms with Crippen molar-refractivity contribution in [2.24, 2.45) is 5.73 Å². The summed E-state index contributed by atoms with van der Waals surface area (Å²) in [6, 6.07) is 5.18. The average Bonchev–Trinajstić information content (AvgIpc) is 3.02. The average molecular weight is 354 g/mol. The summed E-state index contributed by atoms with van der Waals surface area (Å²) in [5, 5.41) is 3.14. The van der Waals surface area contributed by atoms with Gasteiger partial charge in [-0.3, -0.25) is 9.78 Å². The van der Waals surface area contributed by atoms with Crippen LogP contribution in [-0.2, 0) is 13.1 Å². The molecule has 1 aliphatic heterocycles. The predicted molar refractivity (Wildman–Crippen MR) is 83.8 cm³/mol. The Bertz CT molecular complexity index is 750. The number of hydrogen-bond acceptors (Lipinski definition) is 5. The molecule has 0 atom stereocenters. The molecule has 25 heavy (non-hydrogen) atoms. The molecule has 1 aliphatic rings. The van der Waals surface area contributed by atoms with Crippen LogP contribution in [0.2, 0.25) is 0 Å². The number of ether oxygens (including phenoxy) is 1. The third-order valence-electron chi connectivity index (χ3n) is 3.34. The molecule has 0 radical (unpaired) electrons. The van der Waals surface area contributed by atoms with Gasteiger partial charge >= 0.3 is 6.18 Å². The lowest BCUT2D eigenvalue weighted by Gasteiger charge is -2.09. The lowest BCUT2D eigenvalue weighted by Crippen LogP contribution is -2.19. The zero-order valence-corrected chi connectivity index (χ0v) is 13.4. The van der Waals surface area contributed by atoms with E-state index in [1.54, 1.807) is 25.3 Å². The van der Waals surface area contributed by atoms with Crippen molar-refractivity contribution in [2.75, 3.05) is 6.61 Å². The Kier molecular flexibility index (Phi) is 5.92. The van der Waals surface area contributed by atoms with Gasteiger partial charge in [-0.05, 0) is 24.6 Å². The molecule has 0 unspecified atom stereocenters. The first-order valence-electron chi connectivity index (χ1n) is 7.36. The molecule has 0 bridgehead atoms. The number of carbonyl (C=O) groups excluding carboxylic acids is 1. The molecular weight excluding hydrogens is 337 g/mol. The predicted octanol–water partition coefficient (Wildman–Crippen LogP) is 2.11. The Morgan fingerprint density at radius 3 is 2.68 bits per heavy atom. The Balaban J connectivity index is 0.000000181. The van der Waals surface area contributed by atoms with Crippen LogP contribution in [-0.4, -0.2) is 28.7 Å². The van der Waals surface area contributed by atoms with E-state index in [9.17, 15) is 18.0 Å². The normalized spacial score (nSPS) is 12.8. The molecule has 0 saturated carbocycles. The maximum atomic E-state index is 11.7. The summed E-state index contributed by atoms with van der Waals surface area (Å²) in [6.45, 7) is 1.84. The van der Waals surface area contributed by atoms with E-state index < -0.39 is 18.7 Å². The van der Waals surface area contributed by atoms with Crippen LogP contribution in [0.15, 0.2) is 30.6 Å². The lowest BCUT2D eigenvalue weighted by atomic mass is 10.1. The van der Waals surface area contributed by atoms with Crippen molar-refractivity contribution < 1.29 is 22.7 Å². The Labute approximate surface area is 142 Å². The molecule has 3 N–H and O–H groups in total. The summed E-state index contributed by atoms with van der Waals surface area (Å²) < 4.78 is 39.6. The highest BCUT2D eigenvalue weighted by Gasteiger charge is 2.28. The second kappa shape index (κ2) is 7.93. The summed E-state index contributed by atoms with van der Waals surface area (Å²) in [6.07, 6.45) is -1.31. The fourth-order valence-electron chi connectivity index (χ4n) is 2.20. The Hall–Kier alpha value is -2.68. The van der Waals surface area contributed by atoms with Gasteiger partial charge in [0, 0.05) is 36.6 Å². The van der Waals surface area contributed by atoms with Gasteiger partial charge in [-0.25, -0.2) is 4.98 Å². The minimum Gasteiger partial charge on any atom is -0.468 e. The van der Waals surface area contributed by atoms with Crippen molar-refractivity contribution in [1.82, 2.24) is 15.3 Å². The van der Waals surface area contributed by atoms with E-state index in [1.165, 1.54) is 6.20 Å². The summed E-state index contributed by atoms with van der Waals surface area (Å²) in [5.41, 5.74) is 8.22. The van der Waals surface area contributed by atoms with Crippen molar-refractivity contribution in [3.63, 3.8) is 0 Å². The van der Waals surface area contributed by atoms with E-state index in [-0.39, 0.29) is 5.88 Å². The number of halogens is 3. The number of pyridine rings is 2. The second-order valence-electron chi connectivity index (χ2n) is 5.29. The number of hydrogen-bond donors (Lipinski definition) is 2. The van der Waals surface area contributed by atoms with Crippen LogP contribution < -0.4 is 15.8 Å². The third-order valence-corrected chi connectivity index (χ3v) is 3.34. The number of rotatable bonds is 3. The monoisotopic (exact) mass is 354 g/mol. The molecule has 3 rings (SSSR count). The minimum atomic E-state index is -4.32. The summed E-state index contributed by atoms with van der Waals surface area (Å²) in [7, 11) is 0. The number of aryl methyl sites for hydroxylation is 1. The molecule has 9 heteroatoms. The Morgan fingerprint density at radius 2 is 2.04 bits per heavy atom. The molecule has 0 aliphatic carbocycles. The third kappa shape index (κ3) is 5.42. The van der Waals surface area contributed by atoms with Crippen LogP contribution in [0, 0.1) is 6.92 Å². The van der Waals surface area contributed by atoms with Crippen molar-refractivity contribution in [2.45, 2.75) is 26.2 Å². The first-order valence-corrected chi connectivity index (χ1v) is 7.36. The molecule has 6 nitrogen and oxygen atoms in total. The van der Waals surface area contributed by atoms with Crippen LogP contribution in [0.25, 0.3) is 0 Å². The highest BCUT2D eigenvalue weighted by Crippen LogP contribution is 2.19. The number of alkyl halides is 3. The lowest BCUT2D eigenvalue weighted by molar-refractivity contribution is -0.154. The number of carbonyl (C=O) groups is 1. The molecule has 3 heterocycles. The standard InChI is InChI=1S/C8H8F3NO.C8H9N3O/c1-6-3-2-4-12-7(6)13-5-8(9,10)11;9-8(12)7-6-4-10-3-5(6)1-2-11-7/h2-4H,5H2,1H3;1-2,10H,3-4H2,(H2,9,12). The molecular formula is C16H17F3N4O2. The molecule has 2 aromatic heterocycles. The van der Waals surface area contributed by atoms with Crippen LogP contribution in [0.1, 0.15) is 27.2 Å². The van der Waals surface area contributed by atoms with Gasteiger partial charge in [-0.2, -0.15) is 13.2 Å². The van der Waals surface area contributed by atoms with E-state index >= 15 is 0 Å². The van der Waals surface area contributed by atoms with Gasteiger partial charge in [0.25, 0.3) is 5.91 Å². The number of primary amides is 1. The first kappa shape index (κ1) is 18.7. The highest BCUT2D eigenvalue weighted by molar-refractivity contribution is 5.92. The zero-order valence-electron chi connectivity index (χ0n) is 13.4. The quantitative estimate of drug-likeness (QED) is 0.881. The first-order chi connectivity index (χ1) is 11.8. The molecule has 2 aromatic rings. The fourth-order valence-corrected chi connectivity index (χ4v) is 2.20. The maximum absolute atomic E-state index is 11.7. The topological polar surface area (TPSA) is 90.1 Å². The van der Waals surface area contributed by atoms with Gasteiger partial charge < -0.3 is 15.8 Å². The van der Waals surface area contributed by atoms with E-state index in [1.807, 2.05) is 6.07 Å². The number of amides is 1. The van der Waals surface area contributed by atoms with E-state index in [0.29, 0.717) is 17.8 Å². The van der Waals surface area contributed by atoms with Gasteiger partial charge in [0.05, 0.1) is 0 Å². The van der Waals surface area contributed by atoms with Crippen LogP contribution >= 0.6 is 0 Å². The van der Waals surface area contributed by atoms with Gasteiger partial charge in [-0.1, -0.05) is 6.07 Å². The van der Waals surface area contributed by atoms with E-state index in [0.717, 1.165) is 17.7 Å². The maximum Gasteiger partial charge on any atom is 0.422 e. The van der Waals surface area contributed by atoms with Crippen molar-refractivity contribution >= 4 is 5.91 Å². The van der Waals surface area contributed by atoms with Crippen molar-refractivity contribution in [3.05, 3.63) is 53.0 Å². The van der Waals surface area contributed by atoms with Crippen molar-refractivity contribution in [3.8, 4) is 5.88 Å². The number of fused-ring (bicyclic) bond motifs is 1. The van der Waals surface area contributed by atoms with Gasteiger partial charge in [0.1, 0.15) is 5.69 Å². The zero-order chi connectivity index (χ0) is 18.4. The highest BCUT2D eigenvalue weighted by atomic mass is 19.4. The van der Waals surface area contributed by atoms with E-state index in [2.05, 4.69) is 20.0 Å². The van der Waals surface area contributed by atoms with Crippen molar-refractivity contribution in [1.29, 1.82) is 0 Å². The fraction of sp³-hybridized carbons (Fsp3) is 0.312. The number of nitrogens with one attached hydrogen (secondary N) is 1. The van der Waals surface area contributed by atoms with Gasteiger partial charge in [0.15, 0.2) is 6.61 Å². The molecule has 134 valence electrons. The Morgan fingerprint density at radius 1 is 1.28 bits per heavy atom. The number of nitrogens with zero attached hydrogens (tertiary/aromatic N) is 2. The molecule has 0 aromatic carbocycles. The minimum absolute atomic E-state index is 0.0276. The molecule has 0 spiro atoms. The van der Waals surface area contributed by atoms with Gasteiger partial charge in [-0.15, -0.1) is 0 Å². The second-order valence-corrected chi connectivity index (χ2v) is 5.29.